The van der Waals surface area contributed by atoms with Gasteiger partial charge >= 0.3 is 0 Å². The summed E-state index contributed by atoms with van der Waals surface area (Å²) in [4.78, 5) is 12.6. The van der Waals surface area contributed by atoms with Crippen molar-refractivity contribution < 1.29 is 9.90 Å². The molecule has 0 aromatic heterocycles. The van der Waals surface area contributed by atoms with Crippen molar-refractivity contribution in [3.05, 3.63) is 35.4 Å². The second kappa shape index (κ2) is 6.04. The lowest BCUT2D eigenvalue weighted by atomic mass is 9.78. The summed E-state index contributed by atoms with van der Waals surface area (Å²) in [6, 6.07) is 8.50. The van der Waals surface area contributed by atoms with Gasteiger partial charge in [-0.25, -0.2) is 0 Å². The first-order valence-electron chi connectivity index (χ1n) is 8.56. The number of amides is 1. The molecule has 1 aromatic rings. The maximum absolute atomic E-state index is 12.6. The van der Waals surface area contributed by atoms with E-state index in [2.05, 4.69) is 43.4 Å². The van der Waals surface area contributed by atoms with Gasteiger partial charge in [0.2, 0.25) is 5.91 Å². The number of aryl methyl sites for hydroxylation is 1. The van der Waals surface area contributed by atoms with Gasteiger partial charge in [-0.2, -0.15) is 0 Å². The van der Waals surface area contributed by atoms with Gasteiger partial charge in [0, 0.05) is 11.3 Å². The van der Waals surface area contributed by atoms with Crippen LogP contribution in [0, 0.1) is 11.8 Å². The molecule has 2 aliphatic carbocycles. The van der Waals surface area contributed by atoms with E-state index >= 15 is 0 Å². The average Bonchev–Trinajstić information content (AvgIpc) is 3.21. The molecule has 1 aromatic carbocycles. The Morgan fingerprint density at radius 3 is 2.91 bits per heavy atom. The number of hydrogen-bond acceptors (Lipinski definition) is 2. The number of hydrogen-bond donors (Lipinski definition) is 2. The van der Waals surface area contributed by atoms with Gasteiger partial charge in [0.25, 0.3) is 0 Å². The second-order valence-electron chi connectivity index (χ2n) is 7.44. The zero-order chi connectivity index (χ0) is 15.7. The van der Waals surface area contributed by atoms with E-state index in [4.69, 9.17) is 0 Å². The zero-order valence-electron chi connectivity index (χ0n) is 13.6. The molecule has 1 spiro atoms. The van der Waals surface area contributed by atoms with Gasteiger partial charge in [-0.15, -0.1) is 0 Å². The molecule has 2 N–H and O–H groups in total. The van der Waals surface area contributed by atoms with Gasteiger partial charge in [-0.3, -0.25) is 4.79 Å². The molecule has 3 heteroatoms. The van der Waals surface area contributed by atoms with Crippen molar-refractivity contribution in [2.45, 2.75) is 57.4 Å². The van der Waals surface area contributed by atoms with Gasteiger partial charge in [0.1, 0.15) is 0 Å². The van der Waals surface area contributed by atoms with E-state index in [1.165, 1.54) is 17.5 Å². The lowest BCUT2D eigenvalue weighted by Crippen LogP contribution is -2.40. The smallest absolute Gasteiger partial charge is 0.224 e. The Morgan fingerprint density at radius 2 is 2.18 bits per heavy atom. The quantitative estimate of drug-likeness (QED) is 0.878. The first-order chi connectivity index (χ1) is 10.6. The molecule has 0 aliphatic heterocycles. The lowest BCUT2D eigenvalue weighted by Gasteiger charge is -2.27. The minimum absolute atomic E-state index is 0.0280. The summed E-state index contributed by atoms with van der Waals surface area (Å²) in [5.74, 6) is 0.701. The fourth-order valence-electron chi connectivity index (χ4n) is 4.23. The summed E-state index contributed by atoms with van der Waals surface area (Å²) in [5, 5.41) is 12.5. The fraction of sp³-hybridized carbons (Fsp3) is 0.632. The Labute approximate surface area is 133 Å². The Morgan fingerprint density at radius 1 is 1.41 bits per heavy atom. The third-order valence-corrected chi connectivity index (χ3v) is 5.34. The standard InChI is InChI=1S/C19H27NO2/c1-13(2)10-15(12-21)20-18(22)17-11-19(17)9-5-7-14-6-3-4-8-16(14)19/h3-4,6,8,13,15,17,21H,5,7,9-12H2,1-2H3,(H,20,22). The summed E-state index contributed by atoms with van der Waals surface area (Å²) in [5.41, 5.74) is 2.90. The van der Waals surface area contributed by atoms with Crippen LogP contribution in [0.4, 0.5) is 0 Å². The number of nitrogens with one attached hydrogen (secondary N) is 1. The highest BCUT2D eigenvalue weighted by molar-refractivity contribution is 5.85. The molecule has 0 saturated heterocycles. The normalized spacial score (nSPS) is 27.5. The van der Waals surface area contributed by atoms with Crippen LogP contribution in [0.5, 0.6) is 0 Å². The van der Waals surface area contributed by atoms with Crippen LogP contribution in [0.3, 0.4) is 0 Å². The summed E-state index contributed by atoms with van der Waals surface area (Å²) in [6.07, 6.45) is 5.24. The van der Waals surface area contributed by atoms with Crippen molar-refractivity contribution in [2.75, 3.05) is 6.61 Å². The summed E-state index contributed by atoms with van der Waals surface area (Å²) in [6.45, 7) is 4.26. The van der Waals surface area contributed by atoms with E-state index < -0.39 is 0 Å². The van der Waals surface area contributed by atoms with E-state index in [0.29, 0.717) is 5.92 Å². The molecule has 22 heavy (non-hydrogen) atoms. The van der Waals surface area contributed by atoms with Crippen molar-refractivity contribution in [1.29, 1.82) is 0 Å². The molecule has 2 aliphatic rings. The topological polar surface area (TPSA) is 49.3 Å². The van der Waals surface area contributed by atoms with Gasteiger partial charge < -0.3 is 10.4 Å². The summed E-state index contributed by atoms with van der Waals surface area (Å²) in [7, 11) is 0. The summed E-state index contributed by atoms with van der Waals surface area (Å²) < 4.78 is 0. The number of benzene rings is 1. The van der Waals surface area contributed by atoms with E-state index in [1.807, 2.05) is 0 Å². The van der Waals surface area contributed by atoms with Crippen molar-refractivity contribution in [3.63, 3.8) is 0 Å². The van der Waals surface area contributed by atoms with Crippen molar-refractivity contribution >= 4 is 5.91 Å². The van der Waals surface area contributed by atoms with E-state index in [9.17, 15) is 9.90 Å². The third kappa shape index (κ3) is 2.79. The largest absolute Gasteiger partial charge is 0.394 e. The number of aliphatic hydroxyl groups excluding tert-OH is 1. The SMILES string of the molecule is CC(C)CC(CO)NC(=O)C1CC12CCCc1ccccc12. The Hall–Kier alpha value is -1.35. The molecule has 3 atom stereocenters. The Kier molecular flexibility index (Phi) is 4.26. The summed E-state index contributed by atoms with van der Waals surface area (Å²) >= 11 is 0. The highest BCUT2D eigenvalue weighted by atomic mass is 16.3. The van der Waals surface area contributed by atoms with E-state index in [0.717, 1.165) is 25.7 Å². The molecule has 1 fully saturated rings. The molecule has 0 radical (unpaired) electrons. The van der Waals surface area contributed by atoms with E-state index in [1.54, 1.807) is 0 Å². The number of carbonyl (C=O) groups is 1. The van der Waals surface area contributed by atoms with Crippen LogP contribution in [0.2, 0.25) is 0 Å². The highest BCUT2D eigenvalue weighted by Gasteiger charge is 2.60. The third-order valence-electron chi connectivity index (χ3n) is 5.34. The number of carbonyl (C=O) groups excluding carboxylic acids is 1. The van der Waals surface area contributed by atoms with Gasteiger partial charge in [0.05, 0.1) is 12.6 Å². The van der Waals surface area contributed by atoms with Crippen molar-refractivity contribution in [2.24, 2.45) is 11.8 Å². The predicted molar refractivity (Wildman–Crippen MR) is 87.6 cm³/mol. The van der Waals surface area contributed by atoms with E-state index in [-0.39, 0.29) is 29.9 Å². The van der Waals surface area contributed by atoms with Crippen LogP contribution in [0.25, 0.3) is 0 Å². The molecule has 0 heterocycles. The Balaban J connectivity index is 1.70. The number of rotatable bonds is 5. The molecule has 0 bridgehead atoms. The van der Waals surface area contributed by atoms with Crippen LogP contribution >= 0.6 is 0 Å². The molecule has 3 rings (SSSR count). The molecule has 3 nitrogen and oxygen atoms in total. The second-order valence-corrected chi connectivity index (χ2v) is 7.44. The highest BCUT2D eigenvalue weighted by Crippen LogP contribution is 2.60. The van der Waals surface area contributed by atoms with Crippen LogP contribution in [-0.4, -0.2) is 23.7 Å². The molecule has 3 unspecified atom stereocenters. The maximum Gasteiger partial charge on any atom is 0.224 e. The van der Waals surface area contributed by atoms with Crippen molar-refractivity contribution in [3.8, 4) is 0 Å². The van der Waals surface area contributed by atoms with Gasteiger partial charge in [-0.1, -0.05) is 38.1 Å². The molecule has 1 saturated carbocycles. The molecule has 1 amide bonds. The molecule has 120 valence electrons. The number of aliphatic hydroxyl groups is 1. The monoisotopic (exact) mass is 301 g/mol. The lowest BCUT2D eigenvalue weighted by molar-refractivity contribution is -0.124. The van der Waals surface area contributed by atoms with Gasteiger partial charge in [0.15, 0.2) is 0 Å². The average molecular weight is 301 g/mol. The van der Waals surface area contributed by atoms with Crippen molar-refractivity contribution in [1.82, 2.24) is 5.32 Å². The minimum Gasteiger partial charge on any atom is -0.394 e. The molecular weight excluding hydrogens is 274 g/mol. The Bertz CT molecular complexity index is 554. The van der Waals surface area contributed by atoms with Crippen LogP contribution in [0.1, 0.15) is 50.7 Å². The zero-order valence-corrected chi connectivity index (χ0v) is 13.6. The minimum atomic E-state index is -0.107. The van der Waals surface area contributed by atoms with Crippen LogP contribution in [-0.2, 0) is 16.6 Å². The van der Waals surface area contributed by atoms with Gasteiger partial charge in [-0.05, 0) is 49.1 Å². The van der Waals surface area contributed by atoms with Crippen LogP contribution in [0.15, 0.2) is 24.3 Å². The first-order valence-corrected chi connectivity index (χ1v) is 8.56. The van der Waals surface area contributed by atoms with Crippen LogP contribution < -0.4 is 5.32 Å². The molecular formula is C19H27NO2. The first kappa shape index (κ1) is 15.5. The number of fused-ring (bicyclic) bond motifs is 2. The maximum atomic E-state index is 12.6. The predicted octanol–water partition coefficient (Wildman–Crippen LogP) is 2.80. The fourth-order valence-corrected chi connectivity index (χ4v) is 4.23.